The van der Waals surface area contributed by atoms with E-state index >= 15 is 0 Å². The van der Waals surface area contributed by atoms with Crippen molar-refractivity contribution in [3.8, 4) is 6.07 Å². The van der Waals surface area contributed by atoms with Crippen molar-refractivity contribution in [2.45, 2.75) is 0 Å². The number of nitrogens with zero attached hydrogens (tertiary/aromatic N) is 1. The van der Waals surface area contributed by atoms with Crippen molar-refractivity contribution in [3.05, 3.63) is 41.5 Å². The van der Waals surface area contributed by atoms with Gasteiger partial charge in [-0.15, -0.1) is 0 Å². The van der Waals surface area contributed by atoms with Crippen molar-refractivity contribution in [1.29, 1.82) is 5.26 Å². The molecule has 2 nitrogen and oxygen atoms in total. The van der Waals surface area contributed by atoms with Crippen molar-refractivity contribution in [2.75, 3.05) is 0 Å². The van der Waals surface area contributed by atoms with Gasteiger partial charge in [-0.05, 0) is 35.4 Å². The Morgan fingerprint density at radius 1 is 1.38 bits per heavy atom. The number of rotatable bonds is 2. The van der Waals surface area contributed by atoms with Crippen molar-refractivity contribution < 1.29 is 4.79 Å². The lowest BCUT2D eigenvalue weighted by Gasteiger charge is -1.94. The van der Waals surface area contributed by atoms with Gasteiger partial charge < -0.3 is 0 Å². The highest BCUT2D eigenvalue weighted by Crippen LogP contribution is 2.08. The molecule has 0 saturated carbocycles. The van der Waals surface area contributed by atoms with Crippen LogP contribution in [0.15, 0.2) is 30.3 Å². The molecule has 0 saturated heterocycles. The highest BCUT2D eigenvalue weighted by Gasteiger charge is 1.98. The van der Waals surface area contributed by atoms with E-state index in [1.807, 2.05) is 6.07 Å². The quantitative estimate of drug-likeness (QED) is 0.533. The van der Waals surface area contributed by atoms with E-state index in [0.717, 1.165) is 5.56 Å². The number of benzene rings is 1. The van der Waals surface area contributed by atoms with Crippen LogP contribution in [-0.4, -0.2) is 5.24 Å². The fraction of sp³-hybridized carbons (Fsp3) is 0. The van der Waals surface area contributed by atoms with Crippen LogP contribution in [-0.2, 0) is 0 Å². The summed E-state index contributed by atoms with van der Waals surface area (Å²) in [6.07, 6.45) is 3.03. The van der Waals surface area contributed by atoms with Gasteiger partial charge in [0.25, 0.3) is 5.24 Å². The molecule has 0 aliphatic carbocycles. The van der Waals surface area contributed by atoms with E-state index < -0.39 is 5.24 Å². The summed E-state index contributed by atoms with van der Waals surface area (Å²) in [5, 5.41) is 7.78. The number of hydrogen-bond acceptors (Lipinski definition) is 2. The molecule has 0 aliphatic heterocycles. The molecule has 64 valence electrons. The molecule has 0 fully saturated rings. The summed E-state index contributed by atoms with van der Waals surface area (Å²) in [7, 11) is 0. The third-order valence-electron chi connectivity index (χ3n) is 1.49. The molecular weight excluding hydrogens is 186 g/mol. The second-order valence-electron chi connectivity index (χ2n) is 2.36. The largest absolute Gasteiger partial charge is 0.276 e. The smallest absolute Gasteiger partial charge is 0.252 e. The average Bonchev–Trinajstić information content (AvgIpc) is 2.15. The van der Waals surface area contributed by atoms with Crippen LogP contribution in [0, 0.1) is 11.3 Å². The first-order valence-electron chi connectivity index (χ1n) is 3.60. The minimum absolute atomic E-state index is 0.454. The third kappa shape index (κ3) is 2.73. The van der Waals surface area contributed by atoms with Crippen molar-refractivity contribution in [3.63, 3.8) is 0 Å². The fourth-order valence-corrected chi connectivity index (χ4v) is 0.985. The molecule has 0 bridgehead atoms. The first-order chi connectivity index (χ1) is 6.24. The van der Waals surface area contributed by atoms with Gasteiger partial charge in [0, 0.05) is 11.6 Å². The number of carbonyl (C=O) groups excluding carboxylic acids is 1. The average molecular weight is 192 g/mol. The standard InChI is InChI=1S/C10H6ClNO/c11-10(13)9-5-3-8(4-6-9)2-1-7-12/h1-6H. The van der Waals surface area contributed by atoms with Crippen LogP contribution in [0.1, 0.15) is 15.9 Å². The Morgan fingerprint density at radius 2 is 2.00 bits per heavy atom. The normalized spacial score (nSPS) is 9.85. The maximum absolute atomic E-state index is 10.7. The molecule has 0 spiro atoms. The summed E-state index contributed by atoms with van der Waals surface area (Å²) in [6.45, 7) is 0. The van der Waals surface area contributed by atoms with Crippen LogP contribution in [0.4, 0.5) is 0 Å². The highest BCUT2D eigenvalue weighted by atomic mass is 35.5. The molecule has 0 N–H and O–H groups in total. The first kappa shape index (κ1) is 9.50. The molecule has 0 heterocycles. The zero-order valence-electron chi connectivity index (χ0n) is 6.70. The van der Waals surface area contributed by atoms with E-state index in [1.54, 1.807) is 30.3 Å². The Bertz CT molecular complexity index is 373. The minimum Gasteiger partial charge on any atom is -0.276 e. The van der Waals surface area contributed by atoms with E-state index in [0.29, 0.717) is 5.56 Å². The van der Waals surface area contributed by atoms with Crippen LogP contribution in [0.2, 0.25) is 0 Å². The van der Waals surface area contributed by atoms with E-state index in [9.17, 15) is 4.79 Å². The van der Waals surface area contributed by atoms with Crippen LogP contribution in [0.5, 0.6) is 0 Å². The zero-order valence-corrected chi connectivity index (χ0v) is 7.45. The van der Waals surface area contributed by atoms with Crippen LogP contribution < -0.4 is 0 Å². The van der Waals surface area contributed by atoms with E-state index in [4.69, 9.17) is 16.9 Å². The number of nitriles is 1. The molecule has 3 heteroatoms. The summed E-state index contributed by atoms with van der Waals surface area (Å²) >= 11 is 5.25. The second-order valence-corrected chi connectivity index (χ2v) is 2.70. The van der Waals surface area contributed by atoms with Crippen molar-refractivity contribution in [2.24, 2.45) is 0 Å². The maximum Gasteiger partial charge on any atom is 0.252 e. The Labute approximate surface area is 81.1 Å². The predicted octanol–water partition coefficient (Wildman–Crippen LogP) is 2.60. The van der Waals surface area contributed by atoms with Crippen LogP contribution in [0.3, 0.4) is 0 Å². The predicted molar refractivity (Wildman–Crippen MR) is 51.3 cm³/mol. The second kappa shape index (κ2) is 4.44. The lowest BCUT2D eigenvalue weighted by Crippen LogP contribution is -1.86. The first-order valence-corrected chi connectivity index (χ1v) is 3.98. The molecule has 13 heavy (non-hydrogen) atoms. The van der Waals surface area contributed by atoms with Gasteiger partial charge in [0.05, 0.1) is 6.07 Å². The molecule has 0 unspecified atom stereocenters. The SMILES string of the molecule is N#CC=Cc1ccc(C(=O)Cl)cc1. The van der Waals surface area contributed by atoms with Gasteiger partial charge in [0.2, 0.25) is 0 Å². The van der Waals surface area contributed by atoms with Crippen molar-refractivity contribution in [1.82, 2.24) is 0 Å². The Balaban J connectivity index is 2.89. The van der Waals surface area contributed by atoms with Gasteiger partial charge in [-0.2, -0.15) is 5.26 Å². The number of hydrogen-bond donors (Lipinski definition) is 0. The molecule has 1 aromatic rings. The number of halogens is 1. The number of carbonyl (C=O) groups is 1. The summed E-state index contributed by atoms with van der Waals surface area (Å²) in [5.41, 5.74) is 1.32. The van der Waals surface area contributed by atoms with Crippen molar-refractivity contribution >= 4 is 22.9 Å². The van der Waals surface area contributed by atoms with E-state index in [-0.39, 0.29) is 0 Å². The van der Waals surface area contributed by atoms with Gasteiger partial charge in [-0.1, -0.05) is 12.1 Å². The molecule has 0 atom stereocenters. The monoisotopic (exact) mass is 191 g/mol. The van der Waals surface area contributed by atoms with Gasteiger partial charge in [0.1, 0.15) is 0 Å². The van der Waals surface area contributed by atoms with Crippen LogP contribution in [0.25, 0.3) is 6.08 Å². The molecule has 0 amide bonds. The summed E-state index contributed by atoms with van der Waals surface area (Å²) in [5.74, 6) is 0. The Kier molecular flexibility index (Phi) is 3.24. The molecule has 0 aliphatic rings. The van der Waals surface area contributed by atoms with E-state index in [1.165, 1.54) is 6.08 Å². The van der Waals surface area contributed by atoms with Gasteiger partial charge >= 0.3 is 0 Å². The zero-order chi connectivity index (χ0) is 9.68. The fourth-order valence-electron chi connectivity index (χ4n) is 0.859. The van der Waals surface area contributed by atoms with Gasteiger partial charge in [0.15, 0.2) is 0 Å². The molecular formula is C10H6ClNO. The number of allylic oxidation sites excluding steroid dienone is 1. The van der Waals surface area contributed by atoms with Gasteiger partial charge in [-0.25, -0.2) is 0 Å². The summed E-state index contributed by atoms with van der Waals surface area (Å²) < 4.78 is 0. The van der Waals surface area contributed by atoms with Gasteiger partial charge in [-0.3, -0.25) is 4.79 Å². The Morgan fingerprint density at radius 3 is 2.46 bits per heavy atom. The third-order valence-corrected chi connectivity index (χ3v) is 1.71. The lowest BCUT2D eigenvalue weighted by molar-refractivity contribution is 0.108. The molecule has 1 aromatic carbocycles. The van der Waals surface area contributed by atoms with E-state index in [2.05, 4.69) is 0 Å². The molecule has 0 radical (unpaired) electrons. The molecule has 0 aromatic heterocycles. The maximum atomic E-state index is 10.7. The highest BCUT2D eigenvalue weighted by molar-refractivity contribution is 6.67. The topological polar surface area (TPSA) is 40.9 Å². The Hall–Kier alpha value is -1.59. The minimum atomic E-state index is -0.476. The summed E-state index contributed by atoms with van der Waals surface area (Å²) in [6, 6.07) is 8.57. The summed E-state index contributed by atoms with van der Waals surface area (Å²) in [4.78, 5) is 10.7. The molecule has 1 rings (SSSR count). The van der Waals surface area contributed by atoms with Crippen LogP contribution >= 0.6 is 11.6 Å². The lowest BCUT2D eigenvalue weighted by atomic mass is 10.1.